The van der Waals surface area contributed by atoms with E-state index in [1.54, 1.807) is 0 Å². The second-order valence-electron chi connectivity index (χ2n) is 6.02. The summed E-state index contributed by atoms with van der Waals surface area (Å²) in [6.45, 7) is 0. The van der Waals surface area contributed by atoms with Gasteiger partial charge >= 0.3 is 0 Å². The lowest BCUT2D eigenvalue weighted by molar-refractivity contribution is -0.122. The molecule has 0 bridgehead atoms. The lowest BCUT2D eigenvalue weighted by Gasteiger charge is -2.31. The van der Waals surface area contributed by atoms with Gasteiger partial charge in [-0.25, -0.2) is 8.42 Å². The molecule has 0 saturated heterocycles. The normalized spacial score (nSPS) is 36.3. The fraction of sp³-hybridized carbons (Fsp3) is 0.923. The Kier molecular flexibility index (Phi) is 4.50. The smallest absolute Gasteiger partial charge is 0.220 e. The van der Waals surface area contributed by atoms with Crippen molar-refractivity contribution in [3.05, 3.63) is 0 Å². The van der Waals surface area contributed by atoms with Gasteiger partial charge in [0.15, 0.2) is 9.84 Å². The summed E-state index contributed by atoms with van der Waals surface area (Å²) in [7, 11) is -2.96. The van der Waals surface area contributed by atoms with Crippen LogP contribution in [0.4, 0.5) is 0 Å². The molecule has 0 radical (unpaired) electrons. The Bertz CT molecular complexity index is 427. The van der Waals surface area contributed by atoms with Crippen molar-refractivity contribution < 1.29 is 13.2 Å². The Balaban J connectivity index is 1.87. The molecule has 6 heteroatoms. The molecule has 0 heterocycles. The van der Waals surface area contributed by atoms with Crippen LogP contribution >= 0.6 is 0 Å². The van der Waals surface area contributed by atoms with Gasteiger partial charge in [-0.15, -0.1) is 0 Å². The highest BCUT2D eigenvalue weighted by molar-refractivity contribution is 7.91. The van der Waals surface area contributed by atoms with Crippen LogP contribution in [0.5, 0.6) is 0 Å². The highest BCUT2D eigenvalue weighted by atomic mass is 32.2. The highest BCUT2D eigenvalue weighted by Crippen LogP contribution is 2.29. The van der Waals surface area contributed by atoms with Gasteiger partial charge in [0.2, 0.25) is 5.91 Å². The van der Waals surface area contributed by atoms with E-state index in [1.807, 2.05) is 0 Å². The van der Waals surface area contributed by atoms with E-state index in [9.17, 15) is 13.2 Å². The summed E-state index contributed by atoms with van der Waals surface area (Å²) in [5.74, 6) is -0.194. The topological polar surface area (TPSA) is 89.3 Å². The number of rotatable bonds is 4. The van der Waals surface area contributed by atoms with Gasteiger partial charge in [-0.1, -0.05) is 6.42 Å². The lowest BCUT2D eigenvalue weighted by Crippen LogP contribution is -2.47. The Hall–Kier alpha value is -0.620. The van der Waals surface area contributed by atoms with Gasteiger partial charge in [0.25, 0.3) is 0 Å². The van der Waals surface area contributed by atoms with Crippen molar-refractivity contribution in [1.29, 1.82) is 0 Å². The first-order valence-electron chi connectivity index (χ1n) is 7.12. The summed E-state index contributed by atoms with van der Waals surface area (Å²) in [6, 6.07) is 0.424. The zero-order chi connectivity index (χ0) is 14.0. The fourth-order valence-electron chi connectivity index (χ4n) is 3.48. The number of sulfone groups is 1. The molecule has 2 unspecified atom stereocenters. The zero-order valence-electron chi connectivity index (χ0n) is 11.5. The molecule has 2 saturated carbocycles. The molecule has 110 valence electrons. The predicted molar refractivity (Wildman–Crippen MR) is 74.3 cm³/mol. The number of carbonyl (C=O) groups is 1. The molecule has 1 amide bonds. The van der Waals surface area contributed by atoms with Gasteiger partial charge in [0, 0.05) is 24.3 Å². The van der Waals surface area contributed by atoms with E-state index in [4.69, 9.17) is 5.73 Å². The molecule has 3 N–H and O–H groups in total. The average molecular weight is 288 g/mol. The Morgan fingerprint density at radius 1 is 1.11 bits per heavy atom. The van der Waals surface area contributed by atoms with Gasteiger partial charge in [0.1, 0.15) is 0 Å². The van der Waals surface area contributed by atoms with Crippen LogP contribution in [0, 0.1) is 5.92 Å². The second kappa shape index (κ2) is 5.79. The van der Waals surface area contributed by atoms with Gasteiger partial charge in [-0.3, -0.25) is 4.79 Å². The van der Waals surface area contributed by atoms with E-state index >= 15 is 0 Å². The minimum Gasteiger partial charge on any atom is -0.369 e. The number of hydrogen-bond acceptors (Lipinski definition) is 4. The quantitative estimate of drug-likeness (QED) is 0.792. The Labute approximate surface area is 115 Å². The molecule has 19 heavy (non-hydrogen) atoms. The SMILES string of the molecule is CS(=O)(=O)C1CCCC1NC1CCC(C(N)=O)CC1. The molecule has 0 aromatic rings. The van der Waals surface area contributed by atoms with Gasteiger partial charge in [0.05, 0.1) is 5.25 Å². The largest absolute Gasteiger partial charge is 0.369 e. The fourth-order valence-corrected chi connectivity index (χ4v) is 4.88. The molecule has 5 nitrogen and oxygen atoms in total. The van der Waals surface area contributed by atoms with Crippen molar-refractivity contribution >= 4 is 15.7 Å². The molecule has 0 aliphatic heterocycles. The summed E-state index contributed by atoms with van der Waals surface area (Å²) >= 11 is 0. The predicted octanol–water partition coefficient (Wildman–Crippen LogP) is 0.586. The Morgan fingerprint density at radius 2 is 1.74 bits per heavy atom. The van der Waals surface area contributed by atoms with Gasteiger partial charge in [-0.2, -0.15) is 0 Å². The number of primary amides is 1. The highest BCUT2D eigenvalue weighted by Gasteiger charge is 2.36. The van der Waals surface area contributed by atoms with Crippen molar-refractivity contribution in [1.82, 2.24) is 5.32 Å². The number of carbonyl (C=O) groups excluding carboxylic acids is 1. The van der Waals surface area contributed by atoms with Crippen molar-refractivity contribution in [2.75, 3.05) is 6.26 Å². The Morgan fingerprint density at radius 3 is 2.26 bits per heavy atom. The molecule has 2 aliphatic carbocycles. The van der Waals surface area contributed by atoms with Gasteiger partial charge < -0.3 is 11.1 Å². The van der Waals surface area contributed by atoms with Crippen LogP contribution in [0.15, 0.2) is 0 Å². The summed E-state index contributed by atoms with van der Waals surface area (Å²) in [5.41, 5.74) is 5.32. The third-order valence-corrected chi connectivity index (χ3v) is 6.25. The second-order valence-corrected chi connectivity index (χ2v) is 8.29. The summed E-state index contributed by atoms with van der Waals surface area (Å²) in [5, 5.41) is 3.27. The van der Waals surface area contributed by atoms with E-state index in [2.05, 4.69) is 5.32 Å². The van der Waals surface area contributed by atoms with E-state index in [-0.39, 0.29) is 23.1 Å². The number of nitrogens with two attached hydrogens (primary N) is 1. The minimum absolute atomic E-state index is 0.00679. The third-order valence-electron chi connectivity index (χ3n) is 4.58. The number of amides is 1. The third kappa shape index (κ3) is 3.69. The molecule has 2 fully saturated rings. The van der Waals surface area contributed by atoms with Gasteiger partial charge in [-0.05, 0) is 38.5 Å². The number of hydrogen-bond donors (Lipinski definition) is 2. The first kappa shape index (κ1) is 14.8. The maximum Gasteiger partial charge on any atom is 0.220 e. The monoisotopic (exact) mass is 288 g/mol. The molecular weight excluding hydrogens is 264 g/mol. The van der Waals surface area contributed by atoms with Crippen LogP contribution in [0.25, 0.3) is 0 Å². The van der Waals surface area contributed by atoms with Crippen LogP contribution in [-0.4, -0.2) is 37.9 Å². The zero-order valence-corrected chi connectivity index (χ0v) is 12.3. The summed E-state index contributed by atoms with van der Waals surface area (Å²) < 4.78 is 23.5. The van der Waals surface area contributed by atoms with E-state index < -0.39 is 9.84 Å². The van der Waals surface area contributed by atoms with E-state index in [0.717, 1.165) is 44.9 Å². The minimum atomic E-state index is -2.96. The first-order chi connectivity index (χ1) is 8.88. The van der Waals surface area contributed by atoms with Crippen LogP contribution in [0.2, 0.25) is 0 Å². The summed E-state index contributed by atoms with van der Waals surface area (Å²) in [4.78, 5) is 11.1. The first-order valence-corrected chi connectivity index (χ1v) is 9.07. The van der Waals surface area contributed by atoms with Crippen molar-refractivity contribution in [2.24, 2.45) is 11.7 Å². The van der Waals surface area contributed by atoms with Crippen LogP contribution in [0.1, 0.15) is 44.9 Å². The van der Waals surface area contributed by atoms with Crippen molar-refractivity contribution in [2.45, 2.75) is 62.3 Å². The molecule has 0 aromatic carbocycles. The molecule has 0 aromatic heterocycles. The number of nitrogens with one attached hydrogen (secondary N) is 1. The van der Waals surface area contributed by atoms with Crippen LogP contribution < -0.4 is 11.1 Å². The van der Waals surface area contributed by atoms with Crippen LogP contribution in [-0.2, 0) is 14.6 Å². The van der Waals surface area contributed by atoms with Crippen molar-refractivity contribution in [3.63, 3.8) is 0 Å². The molecule has 2 atom stereocenters. The van der Waals surface area contributed by atoms with Crippen molar-refractivity contribution in [3.8, 4) is 0 Å². The van der Waals surface area contributed by atoms with E-state index in [0.29, 0.717) is 6.04 Å². The molecular formula is C13H24N2O3S. The molecule has 2 aliphatic rings. The maximum absolute atomic E-state index is 11.7. The summed E-state index contributed by atoms with van der Waals surface area (Å²) in [6.07, 6.45) is 7.50. The standard InChI is InChI=1S/C13H24N2O3S/c1-19(17,18)12-4-2-3-11(12)15-10-7-5-9(6-8-10)13(14)16/h9-12,15H,2-8H2,1H3,(H2,14,16). The maximum atomic E-state index is 11.7. The molecule has 2 rings (SSSR count). The van der Waals surface area contributed by atoms with E-state index in [1.165, 1.54) is 6.26 Å². The lowest BCUT2D eigenvalue weighted by atomic mass is 9.85. The molecule has 0 spiro atoms. The van der Waals surface area contributed by atoms with Crippen LogP contribution in [0.3, 0.4) is 0 Å². The average Bonchev–Trinajstić information content (AvgIpc) is 2.77.